The lowest BCUT2D eigenvalue weighted by Gasteiger charge is -2.05. The zero-order chi connectivity index (χ0) is 12.1. The normalized spacial score (nSPS) is 9.31. The van der Waals surface area contributed by atoms with E-state index in [0.717, 1.165) is 5.56 Å². The van der Waals surface area contributed by atoms with E-state index in [0.29, 0.717) is 5.56 Å². The van der Waals surface area contributed by atoms with Crippen molar-refractivity contribution >= 4 is 18.0 Å². The summed E-state index contributed by atoms with van der Waals surface area (Å²) >= 11 is 0. The molecule has 0 bridgehead atoms. The first-order valence-corrected chi connectivity index (χ1v) is 4.48. The molecule has 0 spiro atoms. The number of hydrogen-bond acceptors (Lipinski definition) is 3. The van der Waals surface area contributed by atoms with E-state index >= 15 is 0 Å². The van der Waals surface area contributed by atoms with Crippen LogP contribution in [0.3, 0.4) is 0 Å². The molecule has 0 heterocycles. The van der Waals surface area contributed by atoms with Crippen LogP contribution in [0.4, 0.5) is 9.59 Å². The minimum Gasteiger partial charge on any atom is -0.351 e. The summed E-state index contributed by atoms with van der Waals surface area (Å²) in [5.74, 6) is -0.586. The van der Waals surface area contributed by atoms with Gasteiger partial charge in [-0.2, -0.15) is 0 Å². The number of benzene rings is 1. The fourth-order valence-corrected chi connectivity index (χ4v) is 1.14. The molecule has 6 nitrogen and oxygen atoms in total. The van der Waals surface area contributed by atoms with E-state index in [-0.39, 0.29) is 0 Å². The van der Waals surface area contributed by atoms with Gasteiger partial charge in [0, 0.05) is 5.56 Å². The van der Waals surface area contributed by atoms with Gasteiger partial charge in [0.05, 0.1) is 0 Å². The summed E-state index contributed by atoms with van der Waals surface area (Å²) in [4.78, 5) is 32.9. The number of nitrogens with two attached hydrogens (primary N) is 1. The van der Waals surface area contributed by atoms with E-state index in [2.05, 4.69) is 0 Å². The first kappa shape index (κ1) is 11.7. The molecule has 0 aliphatic carbocycles. The van der Waals surface area contributed by atoms with E-state index in [1.54, 1.807) is 36.5 Å². The molecule has 0 radical (unpaired) electrons. The molecular weight excluding hydrogens is 210 g/mol. The van der Waals surface area contributed by atoms with Gasteiger partial charge in [0.1, 0.15) is 0 Å². The second kappa shape index (κ2) is 4.92. The maximum absolute atomic E-state index is 11.5. The number of primary amides is 1. The Hall–Kier alpha value is -2.37. The zero-order valence-corrected chi connectivity index (χ0v) is 8.61. The second-order valence-corrected chi connectivity index (χ2v) is 3.09. The maximum Gasteiger partial charge on any atom is 0.329 e. The van der Waals surface area contributed by atoms with Crippen molar-refractivity contribution in [1.82, 2.24) is 10.6 Å². The number of rotatable bonds is 1. The highest BCUT2D eigenvalue weighted by molar-refractivity contribution is 6.08. The molecule has 6 heteroatoms. The van der Waals surface area contributed by atoms with Crippen molar-refractivity contribution in [3.63, 3.8) is 0 Å². The Morgan fingerprint density at radius 3 is 2.31 bits per heavy atom. The molecular formula is C10H11N3O3. The zero-order valence-electron chi connectivity index (χ0n) is 8.61. The second-order valence-electron chi connectivity index (χ2n) is 3.09. The van der Waals surface area contributed by atoms with Crippen LogP contribution in [-0.2, 0) is 0 Å². The van der Waals surface area contributed by atoms with Crippen molar-refractivity contribution in [1.29, 1.82) is 0 Å². The number of carbonyl (C=O) groups is 3. The largest absolute Gasteiger partial charge is 0.351 e. The van der Waals surface area contributed by atoms with E-state index in [1.165, 1.54) is 0 Å². The van der Waals surface area contributed by atoms with Gasteiger partial charge in [-0.05, 0) is 18.6 Å². The molecule has 0 aliphatic rings. The standard InChI is InChI=1S/C10H11N3O3/c1-6-4-2-3-5-7(6)8(14)12-10(16)13-9(11)15/h2-5H,1H3,(H4,11,12,13,14,15,16). The van der Waals surface area contributed by atoms with E-state index in [9.17, 15) is 14.4 Å². The Labute approximate surface area is 91.8 Å². The first-order chi connectivity index (χ1) is 7.50. The molecule has 4 N–H and O–H groups in total. The van der Waals surface area contributed by atoms with E-state index in [4.69, 9.17) is 5.73 Å². The van der Waals surface area contributed by atoms with E-state index < -0.39 is 18.0 Å². The first-order valence-electron chi connectivity index (χ1n) is 4.48. The van der Waals surface area contributed by atoms with Crippen LogP contribution in [0.25, 0.3) is 0 Å². The number of urea groups is 2. The van der Waals surface area contributed by atoms with E-state index in [1.807, 2.05) is 5.32 Å². The number of carbonyl (C=O) groups excluding carboxylic acids is 3. The molecule has 84 valence electrons. The van der Waals surface area contributed by atoms with Gasteiger partial charge in [0.15, 0.2) is 0 Å². The fraction of sp³-hybridized carbons (Fsp3) is 0.100. The minimum atomic E-state index is -1.02. The van der Waals surface area contributed by atoms with Crippen LogP contribution in [0.15, 0.2) is 24.3 Å². The van der Waals surface area contributed by atoms with Crippen LogP contribution < -0.4 is 16.4 Å². The summed E-state index contributed by atoms with van der Waals surface area (Å²) in [7, 11) is 0. The maximum atomic E-state index is 11.5. The topological polar surface area (TPSA) is 101 Å². The molecule has 16 heavy (non-hydrogen) atoms. The van der Waals surface area contributed by atoms with Crippen molar-refractivity contribution in [2.75, 3.05) is 0 Å². The van der Waals surface area contributed by atoms with Gasteiger partial charge in [-0.25, -0.2) is 9.59 Å². The molecule has 1 aromatic rings. The van der Waals surface area contributed by atoms with Gasteiger partial charge in [-0.15, -0.1) is 0 Å². The van der Waals surface area contributed by atoms with Crippen LogP contribution in [0.1, 0.15) is 15.9 Å². The Balaban J connectivity index is 2.70. The predicted molar refractivity (Wildman–Crippen MR) is 56.8 cm³/mol. The number of imide groups is 2. The molecule has 1 aromatic carbocycles. The Bertz CT molecular complexity index is 443. The van der Waals surface area contributed by atoms with Gasteiger partial charge in [0.25, 0.3) is 5.91 Å². The lowest BCUT2D eigenvalue weighted by atomic mass is 10.1. The highest BCUT2D eigenvalue weighted by Gasteiger charge is 2.12. The Morgan fingerprint density at radius 1 is 1.12 bits per heavy atom. The predicted octanol–water partition coefficient (Wildman–Crippen LogP) is 0.513. The summed E-state index contributed by atoms with van der Waals surface area (Å²) in [5, 5.41) is 3.71. The number of nitrogens with one attached hydrogen (secondary N) is 2. The molecule has 0 saturated heterocycles. The third kappa shape index (κ3) is 3.09. The summed E-state index contributed by atoms with van der Waals surface area (Å²) < 4.78 is 0. The number of amides is 5. The summed E-state index contributed by atoms with van der Waals surface area (Å²) in [5.41, 5.74) is 5.81. The smallest absolute Gasteiger partial charge is 0.329 e. The summed E-state index contributed by atoms with van der Waals surface area (Å²) in [6.07, 6.45) is 0. The highest BCUT2D eigenvalue weighted by Crippen LogP contribution is 2.05. The van der Waals surface area contributed by atoms with Gasteiger partial charge in [-0.1, -0.05) is 18.2 Å². The molecule has 0 unspecified atom stereocenters. The minimum absolute atomic E-state index is 0.363. The number of hydrogen-bond donors (Lipinski definition) is 3. The lowest BCUT2D eigenvalue weighted by Crippen LogP contribution is -2.44. The highest BCUT2D eigenvalue weighted by atomic mass is 16.2. The van der Waals surface area contributed by atoms with Crippen molar-refractivity contribution in [2.24, 2.45) is 5.73 Å². The molecule has 0 saturated carbocycles. The third-order valence-electron chi connectivity index (χ3n) is 1.85. The summed E-state index contributed by atoms with van der Waals surface area (Å²) in [6.45, 7) is 1.74. The van der Waals surface area contributed by atoms with Gasteiger partial charge < -0.3 is 5.73 Å². The average molecular weight is 221 g/mol. The van der Waals surface area contributed by atoms with Crippen LogP contribution in [0.2, 0.25) is 0 Å². The van der Waals surface area contributed by atoms with Crippen LogP contribution in [0, 0.1) is 6.92 Å². The molecule has 1 rings (SSSR count). The van der Waals surface area contributed by atoms with Gasteiger partial charge >= 0.3 is 12.1 Å². The Morgan fingerprint density at radius 2 is 1.75 bits per heavy atom. The quantitative estimate of drug-likeness (QED) is 0.644. The fourth-order valence-electron chi connectivity index (χ4n) is 1.14. The lowest BCUT2D eigenvalue weighted by molar-refractivity contribution is 0.0964. The third-order valence-corrected chi connectivity index (χ3v) is 1.85. The molecule has 0 fully saturated rings. The Kier molecular flexibility index (Phi) is 3.60. The molecule has 0 atom stereocenters. The van der Waals surface area contributed by atoms with Crippen LogP contribution in [-0.4, -0.2) is 18.0 Å². The van der Waals surface area contributed by atoms with Crippen molar-refractivity contribution in [2.45, 2.75) is 6.92 Å². The summed E-state index contributed by atoms with van der Waals surface area (Å²) in [6, 6.07) is 4.79. The van der Waals surface area contributed by atoms with Gasteiger partial charge in [0.2, 0.25) is 0 Å². The average Bonchev–Trinajstić information content (AvgIpc) is 2.16. The van der Waals surface area contributed by atoms with Crippen molar-refractivity contribution in [3.8, 4) is 0 Å². The van der Waals surface area contributed by atoms with Crippen molar-refractivity contribution in [3.05, 3.63) is 35.4 Å². The van der Waals surface area contributed by atoms with Gasteiger partial charge in [-0.3, -0.25) is 15.4 Å². The molecule has 0 aromatic heterocycles. The monoisotopic (exact) mass is 221 g/mol. The molecule has 5 amide bonds. The SMILES string of the molecule is Cc1ccccc1C(=O)NC(=O)NC(N)=O. The molecule has 0 aliphatic heterocycles. The van der Waals surface area contributed by atoms with Crippen LogP contribution in [0.5, 0.6) is 0 Å². The van der Waals surface area contributed by atoms with Crippen molar-refractivity contribution < 1.29 is 14.4 Å². The number of aryl methyl sites for hydroxylation is 1. The van der Waals surface area contributed by atoms with Crippen LogP contribution >= 0.6 is 0 Å².